The van der Waals surface area contributed by atoms with Crippen molar-refractivity contribution in [1.29, 1.82) is 0 Å². The number of carbonyl (C=O) groups is 1. The van der Waals surface area contributed by atoms with Crippen molar-refractivity contribution in [3.63, 3.8) is 0 Å². The summed E-state index contributed by atoms with van der Waals surface area (Å²) in [4.78, 5) is 35.2. The third-order valence-corrected chi connectivity index (χ3v) is 8.38. The Balaban J connectivity index is 1.34. The summed E-state index contributed by atoms with van der Waals surface area (Å²) in [5.74, 6) is -0.269. The zero-order valence-corrected chi connectivity index (χ0v) is 23.8. The van der Waals surface area contributed by atoms with Gasteiger partial charge >= 0.3 is 5.69 Å². The summed E-state index contributed by atoms with van der Waals surface area (Å²) in [7, 11) is 0. The van der Waals surface area contributed by atoms with Crippen molar-refractivity contribution in [1.82, 2.24) is 29.7 Å². The molecule has 6 rings (SSSR count). The van der Waals surface area contributed by atoms with Crippen molar-refractivity contribution < 1.29 is 9.18 Å². The predicted octanol–water partition coefficient (Wildman–Crippen LogP) is 3.16. The zero-order chi connectivity index (χ0) is 28.7. The lowest BCUT2D eigenvalue weighted by Gasteiger charge is -2.32. The van der Waals surface area contributed by atoms with Crippen molar-refractivity contribution in [3.8, 4) is 5.69 Å². The number of fused-ring (bicyclic) bond motifs is 2. The summed E-state index contributed by atoms with van der Waals surface area (Å²) in [6.45, 7) is 9.92. The fraction of sp³-hybridized carbons (Fsp3) is 0.375. The number of carbonyl (C=O) groups excluding carboxylic acids is 1. The molecule has 1 atom stereocenters. The second kappa shape index (κ2) is 11.0. The average molecular weight is 557 g/mol. The van der Waals surface area contributed by atoms with Crippen molar-refractivity contribution in [2.24, 2.45) is 0 Å². The minimum atomic E-state index is -0.420. The first-order valence-electron chi connectivity index (χ1n) is 14.5. The smallest absolute Gasteiger partial charge is 0.323 e. The van der Waals surface area contributed by atoms with Gasteiger partial charge in [-0.05, 0) is 87.5 Å². The molecular weight excluding hydrogens is 519 g/mol. The second-order valence-corrected chi connectivity index (χ2v) is 11.4. The molecule has 0 spiro atoms. The largest absolute Gasteiger partial charge is 0.386 e. The Morgan fingerprint density at radius 1 is 1.15 bits per heavy atom. The molecule has 8 nitrogen and oxygen atoms in total. The lowest BCUT2D eigenvalue weighted by molar-refractivity contribution is 0.0716. The van der Waals surface area contributed by atoms with Crippen molar-refractivity contribution in [2.75, 3.05) is 26.2 Å². The van der Waals surface area contributed by atoms with Gasteiger partial charge in [-0.1, -0.05) is 12.1 Å². The molecule has 214 valence electrons. The topological polar surface area (TPSA) is 89.2 Å². The molecule has 4 heterocycles. The molecule has 1 saturated heterocycles. The first kappa shape index (κ1) is 27.1. The highest BCUT2D eigenvalue weighted by Gasteiger charge is 2.27. The number of benzene rings is 2. The van der Waals surface area contributed by atoms with Crippen LogP contribution in [0.2, 0.25) is 0 Å². The van der Waals surface area contributed by atoms with E-state index in [1.54, 1.807) is 11.0 Å². The summed E-state index contributed by atoms with van der Waals surface area (Å²) in [6.07, 6.45) is 8.53. The van der Waals surface area contributed by atoms with Crippen LogP contribution in [0, 0.1) is 5.82 Å². The Morgan fingerprint density at radius 2 is 1.98 bits per heavy atom. The third kappa shape index (κ3) is 5.22. The molecule has 2 aliphatic heterocycles. The van der Waals surface area contributed by atoms with Crippen molar-refractivity contribution in [3.05, 3.63) is 86.2 Å². The zero-order valence-electron chi connectivity index (χ0n) is 23.8. The number of H-pyrrole nitrogens is 2. The maximum Gasteiger partial charge on any atom is 0.323 e. The van der Waals surface area contributed by atoms with E-state index in [0.717, 1.165) is 61.0 Å². The van der Waals surface area contributed by atoms with Gasteiger partial charge in [0, 0.05) is 49.8 Å². The van der Waals surface area contributed by atoms with E-state index in [2.05, 4.69) is 43.1 Å². The van der Waals surface area contributed by atoms with Crippen LogP contribution >= 0.6 is 0 Å². The van der Waals surface area contributed by atoms with Gasteiger partial charge in [-0.15, -0.1) is 0 Å². The van der Waals surface area contributed by atoms with E-state index >= 15 is 0 Å². The van der Waals surface area contributed by atoms with Crippen LogP contribution < -0.4 is 21.6 Å². The van der Waals surface area contributed by atoms with Crippen LogP contribution in [-0.4, -0.2) is 62.5 Å². The number of likely N-dealkylation sites (tertiary alicyclic amines) is 1. The van der Waals surface area contributed by atoms with Crippen LogP contribution in [0.25, 0.3) is 29.0 Å². The Morgan fingerprint density at radius 3 is 2.78 bits per heavy atom. The summed E-state index contributed by atoms with van der Waals surface area (Å²) in [6, 6.07) is 10.6. The molecule has 4 aromatic rings. The number of aromatic nitrogens is 3. The van der Waals surface area contributed by atoms with E-state index in [0.29, 0.717) is 23.7 Å². The maximum atomic E-state index is 14.5. The summed E-state index contributed by atoms with van der Waals surface area (Å²) in [5, 5.41) is 5.49. The number of piperidine rings is 1. The summed E-state index contributed by atoms with van der Waals surface area (Å²) < 4.78 is 16.6. The van der Waals surface area contributed by atoms with Crippen molar-refractivity contribution in [2.45, 2.75) is 52.1 Å². The minimum Gasteiger partial charge on any atom is -0.386 e. The van der Waals surface area contributed by atoms with Crippen LogP contribution in [-0.2, 0) is 6.54 Å². The number of nitrogens with one attached hydrogen (secondary N) is 3. The molecule has 0 saturated carbocycles. The average Bonchev–Trinajstić information content (AvgIpc) is 3.53. The molecule has 2 aromatic carbocycles. The van der Waals surface area contributed by atoms with E-state index in [9.17, 15) is 14.0 Å². The molecule has 1 amide bonds. The second-order valence-electron chi connectivity index (χ2n) is 11.4. The minimum absolute atomic E-state index is 0.00532. The van der Waals surface area contributed by atoms with E-state index in [1.165, 1.54) is 22.9 Å². The van der Waals surface area contributed by atoms with Crippen LogP contribution in [0.15, 0.2) is 47.4 Å². The number of halogens is 1. The van der Waals surface area contributed by atoms with Crippen LogP contribution in [0.1, 0.15) is 61.0 Å². The quantitative estimate of drug-likeness (QED) is 0.326. The number of hydrogen-bond donors (Lipinski definition) is 3. The molecule has 2 aliphatic rings. The molecule has 0 bridgehead atoms. The standard InChI is InChI=1S/C32H37FN6O2/c1-4-38(20(2)3)31(40)25-15-23(33)8-10-29(25)39-19-26(24-11-12-34-16-30(24)39)22-6-5-13-37(18-22)17-21-7-9-27-28(14-21)36-32(41)35-27/h7-11,14-16,19-20,22,34H,4-6,12-13,17-18H2,1-3H3,(H2,35,36,41). The molecule has 0 radical (unpaired) electrons. The van der Waals surface area contributed by atoms with Gasteiger partial charge in [0.2, 0.25) is 0 Å². The number of imidazole rings is 1. The van der Waals surface area contributed by atoms with E-state index in [-0.39, 0.29) is 17.6 Å². The molecule has 2 aromatic heterocycles. The third-order valence-electron chi connectivity index (χ3n) is 8.38. The Bertz CT molecular complexity index is 1780. The van der Waals surface area contributed by atoms with Gasteiger partial charge in [0.1, 0.15) is 5.82 Å². The van der Waals surface area contributed by atoms with E-state index < -0.39 is 5.82 Å². The number of rotatable bonds is 7. The first-order chi connectivity index (χ1) is 19.8. The molecule has 0 aliphatic carbocycles. The van der Waals surface area contributed by atoms with Gasteiger partial charge in [0.15, 0.2) is 0 Å². The van der Waals surface area contributed by atoms with Gasteiger partial charge in [-0.2, -0.15) is 0 Å². The van der Waals surface area contributed by atoms with Crippen molar-refractivity contribution >= 4 is 29.2 Å². The van der Waals surface area contributed by atoms with E-state index in [1.807, 2.05) is 39.1 Å². The molecule has 41 heavy (non-hydrogen) atoms. The SMILES string of the molecule is CCN(C(=O)c1cc(F)ccc1-n1cc(C2CCCN(Cc3ccc4[nH]c(=O)[nH]c4c3)C2)c2c1=CNCC=2)C(C)C. The molecular formula is C32H37FN6O2. The number of nitrogens with zero attached hydrogens (tertiary/aromatic N) is 3. The fourth-order valence-corrected chi connectivity index (χ4v) is 6.44. The van der Waals surface area contributed by atoms with Crippen LogP contribution in [0.4, 0.5) is 4.39 Å². The van der Waals surface area contributed by atoms with Gasteiger partial charge in [-0.25, -0.2) is 9.18 Å². The van der Waals surface area contributed by atoms with Gasteiger partial charge in [-0.3, -0.25) is 9.69 Å². The Labute approximate surface area is 238 Å². The normalized spacial score (nSPS) is 17.1. The Kier molecular flexibility index (Phi) is 7.30. The summed E-state index contributed by atoms with van der Waals surface area (Å²) in [5.41, 5.74) is 4.93. The number of hydrogen-bond acceptors (Lipinski definition) is 4. The highest BCUT2D eigenvalue weighted by molar-refractivity contribution is 5.98. The van der Waals surface area contributed by atoms with Crippen LogP contribution in [0.5, 0.6) is 0 Å². The summed E-state index contributed by atoms with van der Waals surface area (Å²) >= 11 is 0. The molecule has 1 unspecified atom stereocenters. The molecule has 9 heteroatoms. The van der Waals surface area contributed by atoms with Gasteiger partial charge in [0.05, 0.1) is 27.6 Å². The highest BCUT2D eigenvalue weighted by atomic mass is 19.1. The lowest BCUT2D eigenvalue weighted by Crippen LogP contribution is -2.40. The Hall–Kier alpha value is -4.11. The van der Waals surface area contributed by atoms with Gasteiger partial charge in [0.25, 0.3) is 5.91 Å². The fourth-order valence-electron chi connectivity index (χ4n) is 6.44. The van der Waals surface area contributed by atoms with E-state index in [4.69, 9.17) is 0 Å². The number of amides is 1. The first-order valence-corrected chi connectivity index (χ1v) is 14.5. The lowest BCUT2D eigenvalue weighted by atomic mass is 9.90. The molecule has 1 fully saturated rings. The monoisotopic (exact) mass is 556 g/mol. The molecule has 3 N–H and O–H groups in total. The number of aromatic amines is 2. The van der Waals surface area contributed by atoms with Gasteiger partial charge < -0.3 is 24.8 Å². The highest BCUT2D eigenvalue weighted by Crippen LogP contribution is 2.28. The van der Waals surface area contributed by atoms with Crippen LogP contribution in [0.3, 0.4) is 0 Å². The maximum absolute atomic E-state index is 14.5. The predicted molar refractivity (Wildman–Crippen MR) is 160 cm³/mol.